The van der Waals surface area contributed by atoms with Crippen LogP contribution in [0.2, 0.25) is 0 Å². The number of pyridine rings is 1. The molecule has 0 aromatic carbocycles. The first-order chi connectivity index (χ1) is 10.3. The standard InChI is InChI=1S/C16H18N2O2S/c19-16(20)13-9-10-3-1-2-4-12(10)18(13)15-11-6-8-21-14(11)5-7-17-15/h5-8,10,12-13H,1-4,9H2,(H,19,20). The first kappa shape index (κ1) is 13.1. The van der Waals surface area contributed by atoms with Crippen molar-refractivity contribution < 1.29 is 9.90 Å². The number of nitrogens with zero attached hydrogens (tertiary/aromatic N) is 2. The number of rotatable bonds is 2. The summed E-state index contributed by atoms with van der Waals surface area (Å²) >= 11 is 1.69. The Hall–Kier alpha value is -1.62. The summed E-state index contributed by atoms with van der Waals surface area (Å²) in [5.41, 5.74) is 0. The molecule has 1 aliphatic carbocycles. The van der Waals surface area contributed by atoms with Gasteiger partial charge in [0.25, 0.3) is 0 Å². The SMILES string of the molecule is O=C(O)C1CC2CCCCC2N1c1nccc2sccc12. The Bertz CT molecular complexity index is 684. The fraction of sp³-hybridized carbons (Fsp3) is 0.500. The molecule has 21 heavy (non-hydrogen) atoms. The van der Waals surface area contributed by atoms with Crippen molar-refractivity contribution in [1.82, 2.24) is 4.98 Å². The molecule has 4 rings (SSSR count). The smallest absolute Gasteiger partial charge is 0.326 e. The van der Waals surface area contributed by atoms with E-state index in [0.29, 0.717) is 12.0 Å². The predicted octanol–water partition coefficient (Wildman–Crippen LogP) is 3.52. The molecule has 1 saturated heterocycles. The summed E-state index contributed by atoms with van der Waals surface area (Å²) in [6, 6.07) is 4.00. The minimum atomic E-state index is -0.710. The Labute approximate surface area is 127 Å². The zero-order valence-corrected chi connectivity index (χ0v) is 12.6. The van der Waals surface area contributed by atoms with Gasteiger partial charge in [-0.25, -0.2) is 9.78 Å². The number of aromatic nitrogens is 1. The van der Waals surface area contributed by atoms with Crippen LogP contribution in [-0.4, -0.2) is 28.1 Å². The normalized spacial score (nSPS) is 28.8. The maximum absolute atomic E-state index is 11.7. The van der Waals surface area contributed by atoms with Crippen LogP contribution in [-0.2, 0) is 4.79 Å². The summed E-state index contributed by atoms with van der Waals surface area (Å²) in [5.74, 6) is 0.671. The second-order valence-corrected chi connectivity index (χ2v) is 7.02. The van der Waals surface area contributed by atoms with Gasteiger partial charge in [-0.05, 0) is 42.7 Å². The van der Waals surface area contributed by atoms with E-state index in [0.717, 1.165) is 30.5 Å². The van der Waals surface area contributed by atoms with Crippen LogP contribution in [0, 0.1) is 5.92 Å². The maximum Gasteiger partial charge on any atom is 0.326 e. The van der Waals surface area contributed by atoms with Crippen molar-refractivity contribution in [3.8, 4) is 0 Å². The number of aliphatic carboxylic acids is 1. The van der Waals surface area contributed by atoms with Gasteiger partial charge in [0.1, 0.15) is 11.9 Å². The Morgan fingerprint density at radius 1 is 1.33 bits per heavy atom. The van der Waals surface area contributed by atoms with Gasteiger partial charge in [0.15, 0.2) is 0 Å². The molecule has 1 saturated carbocycles. The van der Waals surface area contributed by atoms with Crippen molar-refractivity contribution in [2.24, 2.45) is 5.92 Å². The molecule has 2 aliphatic rings. The fourth-order valence-corrected chi connectivity index (χ4v) is 4.85. The molecule has 0 bridgehead atoms. The van der Waals surface area contributed by atoms with Crippen molar-refractivity contribution in [3.05, 3.63) is 23.7 Å². The number of hydrogen-bond donors (Lipinski definition) is 1. The van der Waals surface area contributed by atoms with E-state index in [9.17, 15) is 9.90 Å². The summed E-state index contributed by atoms with van der Waals surface area (Å²) in [6.07, 6.45) is 7.26. The number of carbonyl (C=O) groups is 1. The van der Waals surface area contributed by atoms with Crippen LogP contribution in [0.15, 0.2) is 23.7 Å². The van der Waals surface area contributed by atoms with E-state index < -0.39 is 12.0 Å². The number of anilines is 1. The third-order valence-corrected chi connectivity index (χ3v) is 5.86. The van der Waals surface area contributed by atoms with E-state index >= 15 is 0 Å². The van der Waals surface area contributed by atoms with Gasteiger partial charge in [-0.1, -0.05) is 12.8 Å². The van der Waals surface area contributed by atoms with Crippen molar-refractivity contribution in [2.45, 2.75) is 44.2 Å². The number of thiophene rings is 1. The lowest BCUT2D eigenvalue weighted by molar-refractivity contribution is -0.138. The summed E-state index contributed by atoms with van der Waals surface area (Å²) < 4.78 is 1.18. The van der Waals surface area contributed by atoms with E-state index in [1.54, 1.807) is 11.3 Å². The minimum Gasteiger partial charge on any atom is -0.480 e. The quantitative estimate of drug-likeness (QED) is 0.922. The van der Waals surface area contributed by atoms with Gasteiger partial charge in [-0.2, -0.15) is 0 Å². The van der Waals surface area contributed by atoms with Crippen LogP contribution in [0.25, 0.3) is 10.1 Å². The van der Waals surface area contributed by atoms with Gasteiger partial charge in [0.2, 0.25) is 0 Å². The molecule has 110 valence electrons. The number of hydrogen-bond acceptors (Lipinski definition) is 4. The predicted molar refractivity (Wildman–Crippen MR) is 83.9 cm³/mol. The van der Waals surface area contributed by atoms with Crippen LogP contribution in [0.5, 0.6) is 0 Å². The second kappa shape index (κ2) is 4.98. The maximum atomic E-state index is 11.7. The molecule has 5 heteroatoms. The topological polar surface area (TPSA) is 53.4 Å². The Kier molecular flexibility index (Phi) is 3.10. The van der Waals surface area contributed by atoms with Crippen LogP contribution in [0.4, 0.5) is 5.82 Å². The van der Waals surface area contributed by atoms with Gasteiger partial charge < -0.3 is 10.0 Å². The highest BCUT2D eigenvalue weighted by Gasteiger charge is 2.46. The van der Waals surface area contributed by atoms with Crippen molar-refractivity contribution >= 4 is 33.2 Å². The van der Waals surface area contributed by atoms with Crippen LogP contribution in [0.1, 0.15) is 32.1 Å². The van der Waals surface area contributed by atoms with Gasteiger partial charge in [0.05, 0.1) is 0 Å². The Balaban J connectivity index is 1.83. The van der Waals surface area contributed by atoms with Gasteiger partial charge >= 0.3 is 5.97 Å². The summed E-state index contributed by atoms with van der Waals surface area (Å²) in [4.78, 5) is 18.4. The lowest BCUT2D eigenvalue weighted by atomic mass is 9.85. The van der Waals surface area contributed by atoms with Crippen molar-refractivity contribution in [1.29, 1.82) is 0 Å². The lowest BCUT2D eigenvalue weighted by Crippen LogP contribution is -2.43. The number of fused-ring (bicyclic) bond motifs is 2. The highest BCUT2D eigenvalue weighted by molar-refractivity contribution is 7.17. The van der Waals surface area contributed by atoms with E-state index in [1.807, 2.05) is 12.3 Å². The average Bonchev–Trinajstić information content (AvgIpc) is 3.11. The zero-order chi connectivity index (χ0) is 14.4. The molecule has 1 N–H and O–H groups in total. The first-order valence-corrected chi connectivity index (χ1v) is 8.47. The fourth-order valence-electron chi connectivity index (χ4n) is 4.07. The molecular weight excluding hydrogens is 284 g/mol. The van der Waals surface area contributed by atoms with Crippen LogP contribution < -0.4 is 4.90 Å². The molecule has 3 atom stereocenters. The summed E-state index contributed by atoms with van der Waals surface area (Å²) in [7, 11) is 0. The largest absolute Gasteiger partial charge is 0.480 e. The van der Waals surface area contributed by atoms with E-state index in [4.69, 9.17) is 0 Å². The van der Waals surface area contributed by atoms with E-state index in [1.165, 1.54) is 17.5 Å². The molecule has 0 amide bonds. The average molecular weight is 302 g/mol. The molecule has 2 aromatic heterocycles. The van der Waals surface area contributed by atoms with Gasteiger partial charge in [-0.15, -0.1) is 11.3 Å². The second-order valence-electron chi connectivity index (χ2n) is 6.08. The van der Waals surface area contributed by atoms with Crippen LogP contribution >= 0.6 is 11.3 Å². The Morgan fingerprint density at radius 2 is 2.19 bits per heavy atom. The highest BCUT2D eigenvalue weighted by Crippen LogP contribution is 2.43. The van der Waals surface area contributed by atoms with Crippen LogP contribution in [0.3, 0.4) is 0 Å². The first-order valence-electron chi connectivity index (χ1n) is 7.59. The van der Waals surface area contributed by atoms with Gasteiger partial charge in [-0.3, -0.25) is 0 Å². The van der Waals surface area contributed by atoms with Gasteiger partial charge in [0, 0.05) is 22.3 Å². The molecule has 2 aromatic rings. The summed E-state index contributed by atoms with van der Waals surface area (Å²) in [6.45, 7) is 0. The van der Waals surface area contributed by atoms with Crippen molar-refractivity contribution in [3.63, 3.8) is 0 Å². The molecule has 4 nitrogen and oxygen atoms in total. The molecule has 3 heterocycles. The molecule has 0 radical (unpaired) electrons. The van der Waals surface area contributed by atoms with E-state index in [2.05, 4.69) is 21.3 Å². The summed E-state index contributed by atoms with van der Waals surface area (Å²) in [5, 5.41) is 12.8. The molecule has 0 spiro atoms. The monoisotopic (exact) mass is 302 g/mol. The molecular formula is C16H18N2O2S. The zero-order valence-electron chi connectivity index (χ0n) is 11.7. The number of carboxylic acids is 1. The molecule has 1 aliphatic heterocycles. The lowest BCUT2D eigenvalue weighted by Gasteiger charge is -2.34. The third-order valence-electron chi connectivity index (χ3n) is 4.98. The number of carboxylic acid groups (broad SMARTS) is 1. The van der Waals surface area contributed by atoms with Crippen molar-refractivity contribution in [2.75, 3.05) is 4.90 Å². The Morgan fingerprint density at radius 3 is 3.05 bits per heavy atom. The third kappa shape index (κ3) is 2.02. The molecule has 3 unspecified atom stereocenters. The minimum absolute atomic E-state index is 0.345. The highest BCUT2D eigenvalue weighted by atomic mass is 32.1. The molecule has 2 fully saturated rings. The van der Waals surface area contributed by atoms with E-state index in [-0.39, 0.29) is 0 Å².